The molecule has 2 saturated heterocycles. The van der Waals surface area contributed by atoms with Crippen molar-refractivity contribution in [2.24, 2.45) is 0 Å². The lowest BCUT2D eigenvalue weighted by molar-refractivity contribution is -0.136. The Morgan fingerprint density at radius 1 is 1.26 bits per heavy atom. The smallest absolute Gasteiger partial charge is 0.227 e. The largest absolute Gasteiger partial charge is 0.379 e. The molecule has 0 unspecified atom stereocenters. The van der Waals surface area contributed by atoms with Gasteiger partial charge in [0, 0.05) is 44.3 Å². The summed E-state index contributed by atoms with van der Waals surface area (Å²) in [7, 11) is -3.32. The second kappa shape index (κ2) is 8.87. The van der Waals surface area contributed by atoms with Crippen molar-refractivity contribution in [1.82, 2.24) is 14.1 Å². The first kappa shape index (κ1) is 20.5. The van der Waals surface area contributed by atoms with Gasteiger partial charge < -0.3 is 9.64 Å². The molecule has 2 aliphatic rings. The molecular formula is C18H26ClN3O4S. The summed E-state index contributed by atoms with van der Waals surface area (Å²) >= 11 is 6.12. The lowest BCUT2D eigenvalue weighted by Crippen LogP contribution is -2.63. The SMILES string of the molecule is CS(=O)(=O)N(CCN1CCOCC1)C1CN(C(=O)Cc2ccccc2Cl)C1. The number of ether oxygens (including phenoxy) is 1. The van der Waals surface area contributed by atoms with E-state index < -0.39 is 10.0 Å². The molecule has 27 heavy (non-hydrogen) atoms. The van der Waals surface area contributed by atoms with Crippen molar-refractivity contribution in [2.75, 3.05) is 58.7 Å². The molecule has 0 saturated carbocycles. The topological polar surface area (TPSA) is 70.2 Å². The number of carbonyl (C=O) groups is 1. The number of hydrogen-bond acceptors (Lipinski definition) is 5. The average Bonchev–Trinajstić information content (AvgIpc) is 2.58. The van der Waals surface area contributed by atoms with Crippen LogP contribution in [0.2, 0.25) is 5.02 Å². The quantitative estimate of drug-likeness (QED) is 0.655. The van der Waals surface area contributed by atoms with E-state index in [1.807, 2.05) is 18.2 Å². The first-order valence-corrected chi connectivity index (χ1v) is 11.4. The van der Waals surface area contributed by atoms with Gasteiger partial charge in [-0.1, -0.05) is 29.8 Å². The third-order valence-electron chi connectivity index (χ3n) is 5.09. The predicted octanol–water partition coefficient (Wildman–Crippen LogP) is 0.687. The Hall–Kier alpha value is -1.19. The van der Waals surface area contributed by atoms with Gasteiger partial charge in [0.1, 0.15) is 0 Å². The maximum atomic E-state index is 12.4. The third kappa shape index (κ3) is 5.42. The minimum atomic E-state index is -3.32. The predicted molar refractivity (Wildman–Crippen MR) is 104 cm³/mol. The highest BCUT2D eigenvalue weighted by Crippen LogP contribution is 2.21. The summed E-state index contributed by atoms with van der Waals surface area (Å²) in [6.45, 7) is 5.00. The summed E-state index contributed by atoms with van der Waals surface area (Å²) < 4.78 is 31.3. The normalized spacial score (nSPS) is 19.3. The lowest BCUT2D eigenvalue weighted by atomic mass is 10.1. The summed E-state index contributed by atoms with van der Waals surface area (Å²) in [6, 6.07) is 7.12. The van der Waals surface area contributed by atoms with Crippen LogP contribution in [0.1, 0.15) is 5.56 Å². The molecule has 0 spiro atoms. The minimum absolute atomic E-state index is 0.0269. The van der Waals surface area contributed by atoms with Crippen LogP contribution in [0, 0.1) is 0 Å². The van der Waals surface area contributed by atoms with Crippen molar-refractivity contribution in [3.05, 3.63) is 34.9 Å². The van der Waals surface area contributed by atoms with Gasteiger partial charge in [0.15, 0.2) is 0 Å². The Labute approximate surface area is 165 Å². The van der Waals surface area contributed by atoms with E-state index in [0.29, 0.717) is 44.4 Å². The van der Waals surface area contributed by atoms with E-state index in [1.54, 1.807) is 11.0 Å². The molecule has 0 radical (unpaired) electrons. The lowest BCUT2D eigenvalue weighted by Gasteiger charge is -2.44. The molecule has 1 amide bonds. The highest BCUT2D eigenvalue weighted by atomic mass is 35.5. The fourth-order valence-electron chi connectivity index (χ4n) is 3.44. The minimum Gasteiger partial charge on any atom is -0.379 e. The van der Waals surface area contributed by atoms with E-state index in [0.717, 1.165) is 18.7 Å². The van der Waals surface area contributed by atoms with Crippen molar-refractivity contribution in [3.63, 3.8) is 0 Å². The Bertz CT molecular complexity index is 762. The van der Waals surface area contributed by atoms with Gasteiger partial charge in [-0.2, -0.15) is 4.31 Å². The molecule has 2 fully saturated rings. The number of rotatable bonds is 7. The number of likely N-dealkylation sites (tertiary alicyclic amines) is 1. The Morgan fingerprint density at radius 3 is 2.56 bits per heavy atom. The van der Waals surface area contributed by atoms with Gasteiger partial charge in [-0.3, -0.25) is 9.69 Å². The Kier molecular flexibility index (Phi) is 6.75. The molecule has 1 aromatic rings. The number of benzene rings is 1. The van der Waals surface area contributed by atoms with Crippen LogP contribution >= 0.6 is 11.6 Å². The maximum absolute atomic E-state index is 12.4. The summed E-state index contributed by atoms with van der Waals surface area (Å²) in [4.78, 5) is 16.4. The van der Waals surface area contributed by atoms with Gasteiger partial charge >= 0.3 is 0 Å². The number of amides is 1. The average molecular weight is 416 g/mol. The standard InChI is InChI=1S/C18H26ClN3O4S/c1-27(24,25)22(7-6-20-8-10-26-11-9-20)16-13-21(14-16)18(23)12-15-4-2-3-5-17(15)19/h2-5,16H,6-14H2,1H3. The summed E-state index contributed by atoms with van der Waals surface area (Å²) in [5.41, 5.74) is 0.792. The van der Waals surface area contributed by atoms with Gasteiger partial charge in [0.05, 0.1) is 31.9 Å². The van der Waals surface area contributed by atoms with Crippen LogP contribution in [0.15, 0.2) is 24.3 Å². The number of carbonyl (C=O) groups excluding carboxylic acids is 1. The zero-order chi connectivity index (χ0) is 19.4. The van der Waals surface area contributed by atoms with Crippen LogP contribution in [-0.4, -0.2) is 93.2 Å². The number of sulfonamides is 1. The van der Waals surface area contributed by atoms with Gasteiger partial charge in [-0.25, -0.2) is 8.42 Å². The summed E-state index contributed by atoms with van der Waals surface area (Å²) in [6.07, 6.45) is 1.47. The first-order valence-electron chi connectivity index (χ1n) is 9.12. The molecule has 0 bridgehead atoms. The highest BCUT2D eigenvalue weighted by Gasteiger charge is 2.38. The van der Waals surface area contributed by atoms with E-state index in [1.165, 1.54) is 10.6 Å². The second-order valence-electron chi connectivity index (χ2n) is 7.05. The van der Waals surface area contributed by atoms with E-state index in [-0.39, 0.29) is 18.4 Å². The molecule has 9 heteroatoms. The highest BCUT2D eigenvalue weighted by molar-refractivity contribution is 7.88. The first-order chi connectivity index (χ1) is 12.8. The molecule has 2 aliphatic heterocycles. The van der Waals surface area contributed by atoms with Gasteiger partial charge in [0.2, 0.25) is 15.9 Å². The van der Waals surface area contributed by atoms with Crippen LogP contribution in [-0.2, 0) is 26.0 Å². The molecule has 3 rings (SSSR count). The summed E-state index contributed by atoms with van der Waals surface area (Å²) in [5, 5.41) is 0.575. The number of halogens is 1. The number of morpholine rings is 1. The molecule has 2 heterocycles. The molecule has 0 N–H and O–H groups in total. The van der Waals surface area contributed by atoms with E-state index >= 15 is 0 Å². The van der Waals surface area contributed by atoms with Crippen LogP contribution in [0.3, 0.4) is 0 Å². The zero-order valence-electron chi connectivity index (χ0n) is 15.5. The van der Waals surface area contributed by atoms with Crippen molar-refractivity contribution in [2.45, 2.75) is 12.5 Å². The zero-order valence-corrected chi connectivity index (χ0v) is 17.1. The number of hydrogen-bond donors (Lipinski definition) is 0. The van der Waals surface area contributed by atoms with E-state index in [4.69, 9.17) is 16.3 Å². The molecule has 0 atom stereocenters. The fraction of sp³-hybridized carbons (Fsp3) is 0.611. The fourth-order valence-corrected chi connectivity index (χ4v) is 4.73. The van der Waals surface area contributed by atoms with Gasteiger partial charge in [0.25, 0.3) is 0 Å². The molecular weight excluding hydrogens is 390 g/mol. The Morgan fingerprint density at radius 2 is 1.93 bits per heavy atom. The van der Waals surface area contributed by atoms with Crippen molar-refractivity contribution in [1.29, 1.82) is 0 Å². The van der Waals surface area contributed by atoms with Crippen LogP contribution in [0.25, 0.3) is 0 Å². The molecule has 0 aliphatic carbocycles. The monoisotopic (exact) mass is 415 g/mol. The molecule has 150 valence electrons. The summed E-state index contributed by atoms with van der Waals surface area (Å²) in [5.74, 6) is -0.0269. The van der Waals surface area contributed by atoms with Crippen molar-refractivity contribution >= 4 is 27.5 Å². The van der Waals surface area contributed by atoms with E-state index in [9.17, 15) is 13.2 Å². The molecule has 1 aromatic carbocycles. The molecule has 0 aromatic heterocycles. The van der Waals surface area contributed by atoms with Crippen molar-refractivity contribution < 1.29 is 17.9 Å². The number of nitrogens with zero attached hydrogens (tertiary/aromatic N) is 3. The van der Waals surface area contributed by atoms with Gasteiger partial charge in [-0.15, -0.1) is 0 Å². The second-order valence-corrected chi connectivity index (χ2v) is 9.39. The van der Waals surface area contributed by atoms with Gasteiger partial charge in [-0.05, 0) is 11.6 Å². The van der Waals surface area contributed by atoms with E-state index in [2.05, 4.69) is 4.90 Å². The van der Waals surface area contributed by atoms with Crippen molar-refractivity contribution in [3.8, 4) is 0 Å². The van der Waals surface area contributed by atoms with Crippen LogP contribution in [0.4, 0.5) is 0 Å². The van der Waals surface area contributed by atoms with Crippen LogP contribution in [0.5, 0.6) is 0 Å². The maximum Gasteiger partial charge on any atom is 0.227 e. The Balaban J connectivity index is 1.52. The van der Waals surface area contributed by atoms with Crippen LogP contribution < -0.4 is 0 Å². The third-order valence-corrected chi connectivity index (χ3v) is 6.79. The molecule has 7 nitrogen and oxygen atoms in total.